The molecule has 0 radical (unpaired) electrons. The third kappa shape index (κ3) is 19.3. The Bertz CT molecular complexity index is 1280. The van der Waals surface area contributed by atoms with Gasteiger partial charge in [-0.2, -0.15) is 16.8 Å². The molecule has 0 aliphatic rings. The van der Waals surface area contributed by atoms with Gasteiger partial charge in [0.15, 0.2) is 11.5 Å². The van der Waals surface area contributed by atoms with Crippen LogP contribution in [-0.2, 0) is 20.2 Å². The second kappa shape index (κ2) is 24.4. The Hall–Kier alpha value is -2.79. The van der Waals surface area contributed by atoms with Gasteiger partial charge in [-0.3, -0.25) is 0 Å². The lowest BCUT2D eigenvalue weighted by Gasteiger charge is -2.15. The summed E-state index contributed by atoms with van der Waals surface area (Å²) in [5.74, 6) is -0.211. The molecule has 2 N–H and O–H groups in total. The summed E-state index contributed by atoms with van der Waals surface area (Å²) in [5.41, 5.74) is 0.322. The molecule has 0 saturated heterocycles. The molecule has 0 saturated carbocycles. The van der Waals surface area contributed by atoms with Gasteiger partial charge in [0.25, 0.3) is 0 Å². The summed E-state index contributed by atoms with van der Waals surface area (Å²) in [4.78, 5) is 12.9. The van der Waals surface area contributed by atoms with Crippen LogP contribution in [-0.4, -0.2) is 34.4 Å². The average molecular weight is 709 g/mol. The number of amides is 2. The van der Waals surface area contributed by atoms with Crippen molar-refractivity contribution in [1.29, 1.82) is 0 Å². The van der Waals surface area contributed by atoms with Gasteiger partial charge in [-0.15, -0.1) is 0 Å². The van der Waals surface area contributed by atoms with E-state index in [2.05, 4.69) is 24.5 Å². The Balaban J connectivity index is 1.80. The Morgan fingerprint density at radius 1 is 0.479 bits per heavy atom. The Labute approximate surface area is 291 Å². The number of hydrogen-bond acceptors (Lipinski definition) is 7. The number of anilines is 2. The second-order valence-corrected chi connectivity index (χ2v) is 16.0. The van der Waals surface area contributed by atoms with Crippen LogP contribution in [0.5, 0.6) is 11.5 Å². The second-order valence-electron chi connectivity index (χ2n) is 12.6. The van der Waals surface area contributed by atoms with Crippen molar-refractivity contribution in [3.63, 3.8) is 0 Å². The van der Waals surface area contributed by atoms with E-state index >= 15 is 0 Å². The Kier molecular flexibility index (Phi) is 21.0. The van der Waals surface area contributed by atoms with Gasteiger partial charge in [0.1, 0.15) is 0 Å². The number of para-hydroxylation sites is 4. The largest absolute Gasteiger partial charge is 0.380 e. The molecule has 0 heterocycles. The van der Waals surface area contributed by atoms with Crippen molar-refractivity contribution in [2.45, 2.75) is 142 Å². The standard InChI is InChI=1S/C37H60N2O7S2/c1-3-5-7-9-11-13-15-17-19-25-31-47(41,42)45-35-29-23-21-27-33(35)38-37(40)39-34-28-22-24-30-36(34)46-48(43,44)32-26-20-18-16-14-12-10-8-6-4-2/h21-24,27-30H,3-20,25-26,31-32H2,1-2H3,(H2,38,39,40). The number of hydrogen-bond donors (Lipinski definition) is 2. The lowest BCUT2D eigenvalue weighted by molar-refractivity contribution is 0.262. The van der Waals surface area contributed by atoms with E-state index in [0.29, 0.717) is 12.8 Å². The normalized spacial score (nSPS) is 11.7. The van der Waals surface area contributed by atoms with Crippen molar-refractivity contribution in [3.05, 3.63) is 48.5 Å². The molecule has 0 aromatic heterocycles. The van der Waals surface area contributed by atoms with Gasteiger partial charge >= 0.3 is 26.3 Å². The fourth-order valence-electron chi connectivity index (χ4n) is 5.45. The van der Waals surface area contributed by atoms with Gasteiger partial charge in [0.05, 0.1) is 22.9 Å². The molecule has 0 fully saturated rings. The summed E-state index contributed by atoms with van der Waals surface area (Å²) in [6.45, 7) is 4.41. The SMILES string of the molecule is CCCCCCCCCCCCS(=O)(=O)Oc1ccccc1NC(=O)Nc1ccccc1OS(=O)(=O)CCCCCCCCCCCC. The highest BCUT2D eigenvalue weighted by Crippen LogP contribution is 2.29. The molecule has 11 heteroatoms. The molecule has 2 aromatic rings. The summed E-state index contributed by atoms with van der Waals surface area (Å²) >= 11 is 0. The van der Waals surface area contributed by atoms with Crippen LogP contribution in [0.15, 0.2) is 48.5 Å². The van der Waals surface area contributed by atoms with Crippen molar-refractivity contribution in [2.24, 2.45) is 0 Å². The number of carbonyl (C=O) groups excluding carboxylic acids is 1. The summed E-state index contributed by atoms with van der Waals surface area (Å²) < 4.78 is 61.6. The van der Waals surface area contributed by atoms with E-state index in [4.69, 9.17) is 8.37 Å². The summed E-state index contributed by atoms with van der Waals surface area (Å²) in [7, 11) is -7.73. The van der Waals surface area contributed by atoms with Gasteiger partial charge in [0, 0.05) is 0 Å². The van der Waals surface area contributed by atoms with Crippen molar-refractivity contribution in [2.75, 3.05) is 22.1 Å². The smallest absolute Gasteiger partial charge is 0.323 e. The maximum Gasteiger partial charge on any atom is 0.323 e. The molecule has 0 spiro atoms. The van der Waals surface area contributed by atoms with E-state index < -0.39 is 26.3 Å². The van der Waals surface area contributed by atoms with E-state index in [1.807, 2.05) is 0 Å². The zero-order chi connectivity index (χ0) is 34.9. The average Bonchev–Trinajstić information content (AvgIpc) is 3.04. The highest BCUT2D eigenvalue weighted by molar-refractivity contribution is 7.87. The van der Waals surface area contributed by atoms with Gasteiger partial charge < -0.3 is 19.0 Å². The van der Waals surface area contributed by atoms with Crippen LogP contribution >= 0.6 is 0 Å². The van der Waals surface area contributed by atoms with E-state index in [0.717, 1.165) is 38.5 Å². The lowest BCUT2D eigenvalue weighted by atomic mass is 10.1. The van der Waals surface area contributed by atoms with Gasteiger partial charge in [-0.25, -0.2) is 4.79 Å². The van der Waals surface area contributed by atoms with Gasteiger partial charge in [-0.05, 0) is 37.1 Å². The van der Waals surface area contributed by atoms with Gasteiger partial charge in [0.2, 0.25) is 0 Å². The summed E-state index contributed by atoms with van der Waals surface area (Å²) in [5, 5.41) is 5.22. The molecule has 2 amide bonds. The minimum Gasteiger partial charge on any atom is -0.380 e. The van der Waals surface area contributed by atoms with Crippen molar-refractivity contribution in [1.82, 2.24) is 0 Å². The predicted octanol–water partition coefficient (Wildman–Crippen LogP) is 10.6. The third-order valence-corrected chi connectivity index (χ3v) is 10.6. The molecule has 9 nitrogen and oxygen atoms in total. The van der Waals surface area contributed by atoms with Crippen LogP contribution in [0.3, 0.4) is 0 Å². The van der Waals surface area contributed by atoms with Crippen LogP contribution in [0.25, 0.3) is 0 Å². The van der Waals surface area contributed by atoms with Crippen LogP contribution in [0, 0.1) is 0 Å². The first-order chi connectivity index (χ1) is 23.2. The lowest BCUT2D eigenvalue weighted by Crippen LogP contribution is -2.22. The number of nitrogens with one attached hydrogen (secondary N) is 2. The number of urea groups is 1. The topological polar surface area (TPSA) is 128 Å². The fraction of sp³-hybridized carbons (Fsp3) is 0.649. The third-order valence-electron chi connectivity index (χ3n) is 8.20. The maximum absolute atomic E-state index is 12.9. The van der Waals surface area contributed by atoms with E-state index in [1.165, 1.54) is 101 Å². The molecule has 0 aliphatic carbocycles. The highest BCUT2D eigenvalue weighted by Gasteiger charge is 2.19. The maximum atomic E-state index is 12.9. The monoisotopic (exact) mass is 708 g/mol. The molecule has 0 bridgehead atoms. The zero-order valence-corrected chi connectivity index (χ0v) is 31.0. The first-order valence-corrected chi connectivity index (χ1v) is 21.4. The minimum atomic E-state index is -3.86. The van der Waals surface area contributed by atoms with Crippen LogP contribution in [0.4, 0.5) is 16.2 Å². The number of rotatable bonds is 28. The molecule has 0 atom stereocenters. The van der Waals surface area contributed by atoms with Crippen LogP contribution < -0.4 is 19.0 Å². The van der Waals surface area contributed by atoms with Crippen LogP contribution in [0.1, 0.15) is 142 Å². The van der Waals surface area contributed by atoms with E-state index in [1.54, 1.807) is 24.3 Å². The molecule has 2 rings (SSSR count). The van der Waals surface area contributed by atoms with Crippen molar-refractivity contribution < 1.29 is 30.0 Å². The van der Waals surface area contributed by atoms with Crippen LogP contribution in [0.2, 0.25) is 0 Å². The molecule has 0 aliphatic heterocycles. The first kappa shape index (κ1) is 41.4. The summed E-state index contributed by atoms with van der Waals surface area (Å²) in [6.07, 6.45) is 21.8. The Morgan fingerprint density at radius 3 is 1.10 bits per heavy atom. The molecular weight excluding hydrogens is 649 g/mol. The predicted molar refractivity (Wildman–Crippen MR) is 198 cm³/mol. The first-order valence-electron chi connectivity index (χ1n) is 18.3. The molecule has 272 valence electrons. The quantitative estimate of drug-likeness (QED) is 0.0665. The molecule has 48 heavy (non-hydrogen) atoms. The number of carbonyl (C=O) groups is 1. The van der Waals surface area contributed by atoms with E-state index in [9.17, 15) is 21.6 Å². The molecule has 0 unspecified atom stereocenters. The zero-order valence-electron chi connectivity index (χ0n) is 29.3. The van der Waals surface area contributed by atoms with Gasteiger partial charge in [-0.1, -0.05) is 154 Å². The fourth-order valence-corrected chi connectivity index (χ4v) is 7.57. The van der Waals surface area contributed by atoms with Crippen molar-refractivity contribution in [3.8, 4) is 11.5 Å². The molecule has 2 aromatic carbocycles. The Morgan fingerprint density at radius 2 is 0.771 bits per heavy atom. The number of benzene rings is 2. The number of unbranched alkanes of at least 4 members (excludes halogenated alkanes) is 18. The minimum absolute atomic E-state index is 0.00309. The molecular formula is C37H60N2O7S2. The van der Waals surface area contributed by atoms with E-state index in [-0.39, 0.29) is 34.4 Å². The van der Waals surface area contributed by atoms with Crippen molar-refractivity contribution >= 4 is 37.6 Å². The highest BCUT2D eigenvalue weighted by atomic mass is 32.2. The summed E-state index contributed by atoms with van der Waals surface area (Å²) in [6, 6.07) is 11.8.